The fraction of sp³-hybridized carbons (Fsp3) is 0.296. The van der Waals surface area contributed by atoms with Gasteiger partial charge in [0.2, 0.25) is 0 Å². The predicted octanol–water partition coefficient (Wildman–Crippen LogP) is 9.75. The highest BCUT2D eigenvalue weighted by molar-refractivity contribution is 9.10. The van der Waals surface area contributed by atoms with E-state index in [2.05, 4.69) is 56.9 Å². The second kappa shape index (κ2) is 22.8. The van der Waals surface area contributed by atoms with Crippen molar-refractivity contribution in [3.8, 4) is 16.9 Å². The van der Waals surface area contributed by atoms with Crippen LogP contribution in [0.5, 0.6) is 0 Å². The molecule has 79 heavy (non-hydrogen) atoms. The fourth-order valence-corrected chi connectivity index (χ4v) is 10.6. The molecule has 10 rings (SSSR count). The molecule has 1 aliphatic heterocycles. The molecule has 0 amide bonds. The first-order chi connectivity index (χ1) is 37.1. The smallest absolute Gasteiger partial charge is 0.399 e. The van der Waals surface area contributed by atoms with E-state index >= 15 is 4.39 Å². The van der Waals surface area contributed by atoms with E-state index in [1.807, 2.05) is 69.2 Å². The van der Waals surface area contributed by atoms with Crippen LogP contribution in [0.25, 0.3) is 27.7 Å². The first-order valence-corrected chi connectivity index (χ1v) is 27.8. The predicted molar refractivity (Wildman–Crippen MR) is 317 cm³/mol. The first-order valence-electron chi connectivity index (χ1n) is 24.5. The number of rotatable bonds is 10. The van der Waals surface area contributed by atoms with Crippen LogP contribution in [0, 0.1) is 26.6 Å². The average molecular weight is 1190 g/mol. The summed E-state index contributed by atoms with van der Waals surface area (Å²) in [6, 6.07) is 9.83. The summed E-state index contributed by atoms with van der Waals surface area (Å²) >= 11 is 7.77. The lowest BCUT2D eigenvalue weighted by molar-refractivity contribution is 0.00578. The Morgan fingerprint density at radius 1 is 0.671 bits per heavy atom. The van der Waals surface area contributed by atoms with E-state index in [0.29, 0.717) is 44.4 Å². The van der Waals surface area contributed by atoms with Gasteiger partial charge in [-0.1, -0.05) is 20.8 Å². The van der Waals surface area contributed by atoms with Gasteiger partial charge in [0.25, 0.3) is 22.2 Å². The van der Waals surface area contributed by atoms with Crippen LogP contribution in [0.4, 0.5) is 36.8 Å². The molecule has 0 unspecified atom stereocenters. The number of carbonyl (C=O) groups is 1. The molecule has 0 aliphatic carbocycles. The van der Waals surface area contributed by atoms with Crippen molar-refractivity contribution in [2.24, 2.45) is 21.1 Å². The highest BCUT2D eigenvalue weighted by atomic mass is 79.9. The molecule has 1 aromatic carbocycles. The second-order valence-electron chi connectivity index (χ2n) is 20.7. The van der Waals surface area contributed by atoms with Gasteiger partial charge in [0.05, 0.1) is 28.3 Å². The lowest BCUT2D eigenvalue weighted by atomic mass is 9.80. The number of pyridine rings is 4. The van der Waals surface area contributed by atoms with Crippen LogP contribution in [0.1, 0.15) is 79.0 Å². The van der Waals surface area contributed by atoms with Crippen molar-refractivity contribution in [2.75, 3.05) is 16.0 Å². The maximum absolute atomic E-state index is 15.2. The Kier molecular flexibility index (Phi) is 16.7. The average Bonchev–Trinajstić information content (AvgIpc) is 4.21. The highest BCUT2D eigenvalue weighted by Gasteiger charge is 2.52. The summed E-state index contributed by atoms with van der Waals surface area (Å²) in [4.78, 5) is 82.9. The van der Waals surface area contributed by atoms with Gasteiger partial charge in [-0.05, 0) is 117 Å². The molecule has 8 aromatic heterocycles. The number of carbonyl (C=O) groups excluding carboxylic acids is 1. The minimum atomic E-state index is -0.736. The van der Waals surface area contributed by atoms with E-state index in [-0.39, 0.29) is 44.5 Å². The van der Waals surface area contributed by atoms with E-state index in [1.165, 1.54) is 66.2 Å². The zero-order valence-electron chi connectivity index (χ0n) is 45.6. The largest absolute Gasteiger partial charge is 0.496 e. The molecule has 1 aliphatic rings. The van der Waals surface area contributed by atoms with Gasteiger partial charge in [-0.15, -0.1) is 34.0 Å². The molecule has 25 heteroatoms. The van der Waals surface area contributed by atoms with E-state index in [0.717, 1.165) is 39.9 Å². The minimum Gasteiger partial charge on any atom is -0.399 e. The summed E-state index contributed by atoms with van der Waals surface area (Å²) in [7, 11) is 4.51. The van der Waals surface area contributed by atoms with E-state index < -0.39 is 29.7 Å². The van der Waals surface area contributed by atoms with Crippen molar-refractivity contribution in [2.45, 2.75) is 85.9 Å². The number of nitrogens with one attached hydrogen (secondary N) is 3. The number of halogens is 2. The number of benzene rings is 1. The number of aryl methyl sites for hydroxylation is 6. The van der Waals surface area contributed by atoms with E-state index in [1.54, 1.807) is 88.7 Å². The van der Waals surface area contributed by atoms with Crippen LogP contribution in [-0.4, -0.2) is 68.0 Å². The van der Waals surface area contributed by atoms with Crippen LogP contribution >= 0.6 is 49.9 Å². The van der Waals surface area contributed by atoms with Crippen LogP contribution in [0.2, 0.25) is 0 Å². The Morgan fingerprint density at radius 2 is 1.16 bits per heavy atom. The van der Waals surface area contributed by atoms with E-state index in [9.17, 15) is 24.0 Å². The summed E-state index contributed by atoms with van der Waals surface area (Å²) in [5.41, 5.74) is 1.37. The normalized spacial score (nSPS) is 13.6. The Balaban J connectivity index is 0.000000174. The van der Waals surface area contributed by atoms with Crippen molar-refractivity contribution >= 4 is 112 Å². The van der Waals surface area contributed by atoms with Crippen LogP contribution < -0.4 is 43.7 Å². The summed E-state index contributed by atoms with van der Waals surface area (Å²) in [5.74, 6) is -0.721. The lowest BCUT2D eigenvalue weighted by Gasteiger charge is -2.32. The second-order valence-corrected chi connectivity index (χ2v) is 25.3. The number of nitrogens with zero attached hydrogens (tertiary/aromatic N) is 9. The molecule has 410 valence electrons. The van der Waals surface area contributed by atoms with Crippen LogP contribution in [0.15, 0.2) is 110 Å². The standard InChI is InChI=1S/C28H25FN6O3S.C16H22BN3O3S.C10H10BrN3OS/c1-15-11-31-27(39-15)33-22-9-17(13-34(5)25(22)37)19-6-7-30-24(20(19)14-36)35-26(38)23-16(12-32-35)8-18(10-21(23)29)28(2,3)4;1-10-8-18-14(24-10)19-12-7-11(9-20(6)13(12)21)17-22-15(2,3)16(4,5)23-17;1-6-4-12-10(16-6)13-8-3-7(11)5-14(2)9(8)15/h6-14H,1-5H3,(H,31,33);7-9H,1-6H3,(H,18,19);3-5H,1-2H3,(H,12,13). The van der Waals surface area contributed by atoms with E-state index in [4.69, 9.17) is 9.31 Å². The van der Waals surface area contributed by atoms with Gasteiger partial charge in [-0.2, -0.15) is 9.78 Å². The molecule has 0 bridgehead atoms. The monoisotopic (exact) mass is 1190 g/mol. The maximum atomic E-state index is 15.2. The third-order valence-electron chi connectivity index (χ3n) is 13.0. The Bertz CT molecular complexity index is 4030. The molecule has 19 nitrogen and oxygen atoms in total. The molecule has 3 N–H and O–H groups in total. The molecule has 0 radical (unpaired) electrons. The molecule has 0 atom stereocenters. The fourth-order valence-electron chi connectivity index (χ4n) is 8.04. The van der Waals surface area contributed by atoms with Crippen LogP contribution in [0.3, 0.4) is 0 Å². The molecule has 1 saturated heterocycles. The molecule has 9 aromatic rings. The SMILES string of the molecule is Cc1cnc(Nc2cc(-c3ccnc(-n4ncc5cc(C(C)(C)C)cc(F)c5c4=O)c3C=O)cn(C)c2=O)s1.Cc1cnc(Nc2cc(B3OC(C)(C)C(C)(C)O3)cn(C)c2=O)s1.Cc1cnc(Nc2cc(Br)cn(C)c2=O)s1. The maximum Gasteiger partial charge on any atom is 0.496 e. The number of hydrogen-bond acceptors (Lipinski definition) is 18. The third kappa shape index (κ3) is 12.8. The third-order valence-corrected chi connectivity index (χ3v) is 15.9. The quantitative estimate of drug-likeness (QED) is 0.0856. The summed E-state index contributed by atoms with van der Waals surface area (Å²) in [5, 5.41) is 15.6. The molecule has 0 spiro atoms. The molecular formula is C54H57BBrFN12O7S3. The van der Waals surface area contributed by atoms with Crippen molar-refractivity contribution in [3.05, 3.63) is 163 Å². The van der Waals surface area contributed by atoms with Gasteiger partial charge in [-0.25, -0.2) is 24.3 Å². The zero-order chi connectivity index (χ0) is 57.5. The summed E-state index contributed by atoms with van der Waals surface area (Å²) in [6.07, 6.45) is 13.7. The van der Waals surface area contributed by atoms with Crippen molar-refractivity contribution in [3.63, 3.8) is 0 Å². The number of hydrogen-bond donors (Lipinski definition) is 3. The number of aromatic nitrogens is 9. The molecule has 9 heterocycles. The summed E-state index contributed by atoms with van der Waals surface area (Å²) in [6.45, 7) is 19.7. The van der Waals surface area contributed by atoms with Gasteiger partial charge in [0.1, 0.15) is 22.9 Å². The van der Waals surface area contributed by atoms with Gasteiger partial charge >= 0.3 is 7.12 Å². The van der Waals surface area contributed by atoms with Gasteiger partial charge < -0.3 is 39.0 Å². The van der Waals surface area contributed by atoms with Crippen molar-refractivity contribution < 1.29 is 18.5 Å². The van der Waals surface area contributed by atoms with Crippen LogP contribution in [-0.2, 0) is 35.9 Å². The van der Waals surface area contributed by atoms with Gasteiger partial charge in [-0.3, -0.25) is 24.0 Å². The van der Waals surface area contributed by atoms with Gasteiger partial charge in [0, 0.05) is 100 Å². The topological polar surface area (TPSA) is 224 Å². The Hall–Kier alpha value is -7.29. The zero-order valence-corrected chi connectivity index (χ0v) is 49.6. The Morgan fingerprint density at radius 3 is 1.66 bits per heavy atom. The first kappa shape index (κ1) is 57.9. The molecular weight excluding hydrogens is 1130 g/mol. The van der Waals surface area contributed by atoms with Crippen molar-refractivity contribution in [1.29, 1.82) is 0 Å². The van der Waals surface area contributed by atoms with Crippen molar-refractivity contribution in [1.82, 2.24) is 43.4 Å². The number of aldehydes is 1. The number of anilines is 6. The highest BCUT2D eigenvalue weighted by Crippen LogP contribution is 2.37. The number of fused-ring (bicyclic) bond motifs is 1. The van der Waals surface area contributed by atoms with Gasteiger partial charge in [0.15, 0.2) is 27.5 Å². The lowest BCUT2D eigenvalue weighted by Crippen LogP contribution is -2.41. The Labute approximate surface area is 474 Å². The number of thiazole rings is 3. The summed E-state index contributed by atoms with van der Waals surface area (Å²) < 4.78 is 33.6. The molecule has 0 saturated carbocycles. The minimum absolute atomic E-state index is 0.0485. The molecule has 1 fully saturated rings.